The van der Waals surface area contributed by atoms with Crippen LogP contribution < -0.4 is 16.3 Å². The van der Waals surface area contributed by atoms with Crippen molar-refractivity contribution in [2.24, 2.45) is 20.0 Å². The number of nitrogens with one attached hydrogen (secondary N) is 3. The molecule has 0 saturated heterocycles. The first-order valence-corrected chi connectivity index (χ1v) is 29.3. The molecule has 0 aliphatic carbocycles. The third-order valence-electron chi connectivity index (χ3n) is 13.9. The molecule has 5 aliphatic rings. The number of hydrazine groups is 3. The Hall–Kier alpha value is -10.8. The van der Waals surface area contributed by atoms with Gasteiger partial charge in [0.2, 0.25) is 0 Å². The number of hydrogen-bond donors (Lipinski definition) is 4. The zero-order chi connectivity index (χ0) is 65.0. The molecule has 0 unspecified atom stereocenters. The third kappa shape index (κ3) is 14.8. The van der Waals surface area contributed by atoms with Crippen LogP contribution in [0.5, 0.6) is 0 Å². The van der Waals surface area contributed by atoms with Crippen molar-refractivity contribution in [2.75, 3.05) is 19.6 Å². The number of aliphatic imine (C=N–C) groups is 4. The first-order valence-electron chi connectivity index (χ1n) is 29.3. The van der Waals surface area contributed by atoms with Crippen LogP contribution in [-0.4, -0.2) is 121 Å². The Labute approximate surface area is 521 Å². The second-order valence-electron chi connectivity index (χ2n) is 24.0. The van der Waals surface area contributed by atoms with E-state index in [9.17, 15) is 38.7 Å². The molecule has 21 nitrogen and oxygen atoms in total. The molecule has 5 heterocycles. The van der Waals surface area contributed by atoms with Crippen LogP contribution in [0.4, 0.5) is 14.4 Å². The number of amides is 6. The number of rotatable bonds is 11. The summed E-state index contributed by atoms with van der Waals surface area (Å²) in [5.41, 5.74) is 14.8. The zero-order valence-electron chi connectivity index (χ0n) is 52.1. The van der Waals surface area contributed by atoms with Gasteiger partial charge in [-0.3, -0.25) is 14.4 Å². The Kier molecular flexibility index (Phi) is 18.3. The van der Waals surface area contributed by atoms with E-state index in [0.29, 0.717) is 90.2 Å². The quantitative estimate of drug-likeness (QED) is 0.0810. The minimum Gasteiger partial charge on any atom is -0.478 e. The molecule has 8 bridgehead atoms. The fourth-order valence-electron chi connectivity index (χ4n) is 9.91. The van der Waals surface area contributed by atoms with Gasteiger partial charge in [-0.05, 0) is 202 Å². The van der Waals surface area contributed by atoms with Gasteiger partial charge in [0.15, 0.2) is 0 Å². The first kappa shape index (κ1) is 63.7. The summed E-state index contributed by atoms with van der Waals surface area (Å²) < 4.78 is 16.3. The molecule has 462 valence electrons. The topological polar surface area (TPSA) is 263 Å². The van der Waals surface area contributed by atoms with Gasteiger partial charge in [0.25, 0.3) is 17.7 Å². The monoisotopic (exact) mass is 1210 g/mol. The van der Waals surface area contributed by atoms with Crippen molar-refractivity contribution in [3.63, 3.8) is 0 Å². The van der Waals surface area contributed by atoms with Crippen LogP contribution in [0.2, 0.25) is 0 Å². The predicted molar refractivity (Wildman–Crippen MR) is 345 cm³/mol. The van der Waals surface area contributed by atoms with Crippen molar-refractivity contribution in [2.45, 2.75) is 99.9 Å². The van der Waals surface area contributed by atoms with Gasteiger partial charge in [-0.1, -0.05) is 48.5 Å². The second-order valence-corrected chi connectivity index (χ2v) is 24.0. The fraction of sp³-hybridized carbons (Fsp3) is 0.261. The molecule has 0 aromatic heterocycles. The fourth-order valence-corrected chi connectivity index (χ4v) is 9.91. The van der Waals surface area contributed by atoms with E-state index in [2.05, 4.69) is 16.3 Å². The molecule has 6 amide bonds. The largest absolute Gasteiger partial charge is 0.478 e. The molecule has 5 aliphatic heterocycles. The highest BCUT2D eigenvalue weighted by molar-refractivity contribution is 6.39. The standard InChI is InChI=1S/C69H70N10O11/c1-13-77(74-64(85)88-67(4,5)6)60(80)44-24-16-40(17-25-44)56-48-32-34-50(70-48)57(41-18-26-45(27-19-41)61(81)78(14-2)75-65(86)89-68(7,8)9)52-36-38-54(72-52)59(43-22-30-47(31-23-43)63(83)84)55-39-37-53(73-55)58(51-35-33-49(56)71-51)42-20-28-46(29-21-42)62(82)79(15-3)76-66(87)90-69(10,11)12/h16-39H,13-15H2,1-12H3,(H,74,85)(H,75,86)(H,76,87)(H,83,84). The van der Waals surface area contributed by atoms with Crippen molar-refractivity contribution < 1.29 is 52.9 Å². The number of fused-ring (bicyclic) bond motifs is 4. The highest BCUT2D eigenvalue weighted by Crippen LogP contribution is 2.39. The predicted octanol–water partition coefficient (Wildman–Crippen LogP) is 12.1. The zero-order valence-corrected chi connectivity index (χ0v) is 52.1. The van der Waals surface area contributed by atoms with Gasteiger partial charge in [0.1, 0.15) is 16.8 Å². The molecule has 4 aromatic rings. The van der Waals surface area contributed by atoms with Crippen molar-refractivity contribution in [1.29, 1.82) is 0 Å². The van der Waals surface area contributed by atoms with Crippen LogP contribution in [-0.2, 0) is 14.2 Å². The van der Waals surface area contributed by atoms with Crippen LogP contribution in [0.15, 0.2) is 188 Å². The molecule has 21 heteroatoms. The number of carbonyl (C=O) groups is 7. The summed E-state index contributed by atoms with van der Waals surface area (Å²) in [6.45, 7) is 21.1. The van der Waals surface area contributed by atoms with Crippen LogP contribution in [0.1, 0.15) is 147 Å². The van der Waals surface area contributed by atoms with E-state index in [1.807, 2.05) is 48.6 Å². The van der Waals surface area contributed by atoms with Gasteiger partial charge in [0, 0.05) is 58.6 Å². The first-order chi connectivity index (χ1) is 42.6. The van der Waals surface area contributed by atoms with Crippen molar-refractivity contribution >= 4 is 87.1 Å². The van der Waals surface area contributed by atoms with Gasteiger partial charge in [0.05, 0.1) is 51.2 Å². The SMILES string of the molecule is CCN(NC(=O)OC(C)(C)C)C(=O)c1ccc(C2=C3C=CC(=N3)C(c3ccc(C(=O)N(CC)NC(=O)OC(C)(C)C)cc3)=C3C=CC(=N3)C(c3ccc(C(=O)N(CC)NC(=O)OC(C)(C)C)cc3)=C3C=CC(=N3)C(c3ccc(C(=O)O)cc3)=C3C=CC2=N3)cc1. The van der Waals surface area contributed by atoms with E-state index in [1.165, 1.54) is 27.2 Å². The second kappa shape index (κ2) is 25.9. The lowest BCUT2D eigenvalue weighted by atomic mass is 9.97. The molecule has 90 heavy (non-hydrogen) atoms. The lowest BCUT2D eigenvalue weighted by Gasteiger charge is -2.25. The summed E-state index contributed by atoms with van der Waals surface area (Å²) in [4.78, 5) is 114. The Morgan fingerprint density at radius 3 is 0.756 bits per heavy atom. The summed E-state index contributed by atoms with van der Waals surface area (Å²) in [6.07, 6.45) is 12.4. The molecule has 0 atom stereocenters. The molecular formula is C69H70N10O11. The average Bonchev–Trinajstić information content (AvgIpc) is 1.71. The number of hydrogen-bond acceptors (Lipinski definition) is 14. The Bertz CT molecular complexity index is 3930. The van der Waals surface area contributed by atoms with E-state index in [0.717, 1.165) is 0 Å². The molecule has 4 aromatic carbocycles. The van der Waals surface area contributed by atoms with Gasteiger partial charge in [-0.25, -0.2) is 70.5 Å². The molecule has 0 spiro atoms. The summed E-state index contributed by atoms with van der Waals surface area (Å²) in [7, 11) is 0. The number of carboxylic acids is 1. The highest BCUT2D eigenvalue weighted by Gasteiger charge is 2.31. The minimum absolute atomic E-state index is 0.0767. The number of aromatic carboxylic acids is 1. The lowest BCUT2D eigenvalue weighted by molar-refractivity contribution is 0.0300. The summed E-state index contributed by atoms with van der Waals surface area (Å²) >= 11 is 0. The maximum Gasteiger partial charge on any atom is 0.426 e. The third-order valence-corrected chi connectivity index (χ3v) is 13.9. The molecular weight excluding hydrogens is 1140 g/mol. The number of nitrogens with zero attached hydrogens (tertiary/aromatic N) is 7. The number of carbonyl (C=O) groups excluding carboxylic acids is 6. The van der Waals surface area contributed by atoms with E-state index in [4.69, 9.17) is 34.2 Å². The van der Waals surface area contributed by atoms with E-state index in [1.54, 1.807) is 168 Å². The van der Waals surface area contributed by atoms with E-state index < -0.39 is 58.8 Å². The van der Waals surface area contributed by atoms with Crippen LogP contribution in [0, 0.1) is 0 Å². The molecule has 0 saturated carbocycles. The smallest absolute Gasteiger partial charge is 0.426 e. The van der Waals surface area contributed by atoms with Crippen LogP contribution >= 0.6 is 0 Å². The van der Waals surface area contributed by atoms with Crippen molar-refractivity contribution in [3.05, 3.63) is 213 Å². The van der Waals surface area contributed by atoms with Gasteiger partial charge in [-0.15, -0.1) is 0 Å². The Morgan fingerprint density at radius 1 is 0.356 bits per heavy atom. The number of carboxylic acid groups (broad SMARTS) is 1. The molecule has 4 N–H and O–H groups in total. The van der Waals surface area contributed by atoms with Gasteiger partial charge < -0.3 is 19.3 Å². The molecule has 0 radical (unpaired) electrons. The number of allylic oxidation sites excluding steroid dienone is 12. The summed E-state index contributed by atoms with van der Waals surface area (Å²) in [6, 6.07) is 27.0. The molecule has 0 fully saturated rings. The van der Waals surface area contributed by atoms with E-state index >= 15 is 0 Å². The van der Waals surface area contributed by atoms with Crippen LogP contribution in [0.25, 0.3) is 22.3 Å². The van der Waals surface area contributed by atoms with Gasteiger partial charge in [-0.2, -0.15) is 0 Å². The summed E-state index contributed by atoms with van der Waals surface area (Å²) in [5, 5.41) is 13.4. The summed E-state index contributed by atoms with van der Waals surface area (Å²) in [5.74, 6) is -2.54. The lowest BCUT2D eigenvalue weighted by Crippen LogP contribution is -2.47. The minimum atomic E-state index is -1.10. The van der Waals surface area contributed by atoms with E-state index in [-0.39, 0.29) is 41.9 Å². The number of ether oxygens (including phenoxy) is 3. The highest BCUT2D eigenvalue weighted by atomic mass is 16.6. The maximum atomic E-state index is 14.0. The average molecular weight is 1220 g/mol. The Balaban J connectivity index is 1.22. The van der Waals surface area contributed by atoms with Crippen molar-refractivity contribution in [1.82, 2.24) is 31.3 Å². The maximum absolute atomic E-state index is 14.0. The normalized spacial score (nSPS) is 15.1. The Morgan fingerprint density at radius 2 is 0.567 bits per heavy atom. The van der Waals surface area contributed by atoms with Gasteiger partial charge >= 0.3 is 24.2 Å². The molecule has 9 rings (SSSR count). The van der Waals surface area contributed by atoms with Crippen molar-refractivity contribution in [3.8, 4) is 0 Å². The van der Waals surface area contributed by atoms with Crippen LogP contribution in [0.3, 0.4) is 0 Å². The number of benzene rings is 4.